The highest BCUT2D eigenvalue weighted by atomic mass is 16.5. The van der Waals surface area contributed by atoms with E-state index in [9.17, 15) is 0 Å². The van der Waals surface area contributed by atoms with E-state index in [0.717, 1.165) is 0 Å². The number of aromatic nitrogens is 4. The fourth-order valence-electron chi connectivity index (χ4n) is 1.42. The van der Waals surface area contributed by atoms with Crippen LogP contribution in [0.25, 0.3) is 11.4 Å². The van der Waals surface area contributed by atoms with Crippen molar-refractivity contribution in [2.75, 3.05) is 12.8 Å². The van der Waals surface area contributed by atoms with Gasteiger partial charge in [0.15, 0.2) is 5.82 Å². The van der Waals surface area contributed by atoms with Crippen molar-refractivity contribution in [1.29, 1.82) is 0 Å². The zero-order valence-corrected chi connectivity index (χ0v) is 11.0. The van der Waals surface area contributed by atoms with Crippen molar-refractivity contribution in [2.45, 2.75) is 20.0 Å². The molecule has 7 heteroatoms. The number of nitrogen functional groups attached to an aromatic ring is 1. The van der Waals surface area contributed by atoms with E-state index in [2.05, 4.69) is 19.9 Å². The van der Waals surface area contributed by atoms with E-state index in [1.165, 1.54) is 0 Å². The van der Waals surface area contributed by atoms with Crippen LogP contribution in [0.5, 0.6) is 11.8 Å². The van der Waals surface area contributed by atoms with E-state index in [1.54, 1.807) is 25.6 Å². The number of rotatable bonds is 4. The molecule has 2 N–H and O–H groups in total. The molecule has 2 heterocycles. The van der Waals surface area contributed by atoms with Crippen LogP contribution < -0.4 is 15.2 Å². The molecule has 0 saturated heterocycles. The lowest BCUT2D eigenvalue weighted by atomic mass is 10.2. The third kappa shape index (κ3) is 3.27. The predicted molar refractivity (Wildman–Crippen MR) is 69.8 cm³/mol. The van der Waals surface area contributed by atoms with Gasteiger partial charge in [0.1, 0.15) is 5.75 Å². The Labute approximate surface area is 110 Å². The summed E-state index contributed by atoms with van der Waals surface area (Å²) in [5, 5.41) is 0. The summed E-state index contributed by atoms with van der Waals surface area (Å²) < 4.78 is 10.5. The first kappa shape index (κ1) is 13.0. The van der Waals surface area contributed by atoms with Crippen LogP contribution in [0.1, 0.15) is 13.8 Å². The maximum Gasteiger partial charge on any atom is 0.322 e. The summed E-state index contributed by atoms with van der Waals surface area (Å²) >= 11 is 0. The Hall–Kier alpha value is -2.44. The number of nitrogens with zero attached hydrogens (tertiary/aromatic N) is 4. The van der Waals surface area contributed by atoms with Gasteiger partial charge in [-0.1, -0.05) is 0 Å². The normalized spacial score (nSPS) is 10.5. The van der Waals surface area contributed by atoms with Gasteiger partial charge in [0.25, 0.3) is 0 Å². The van der Waals surface area contributed by atoms with Gasteiger partial charge in [-0.15, -0.1) is 0 Å². The van der Waals surface area contributed by atoms with Crippen LogP contribution >= 0.6 is 0 Å². The minimum absolute atomic E-state index is 0.0434. The molecular weight excluding hydrogens is 246 g/mol. The van der Waals surface area contributed by atoms with Crippen molar-refractivity contribution >= 4 is 5.95 Å². The molecule has 0 bridgehead atoms. The van der Waals surface area contributed by atoms with Crippen LogP contribution in [0.4, 0.5) is 5.95 Å². The molecule has 0 saturated carbocycles. The molecule has 0 spiro atoms. The molecule has 0 radical (unpaired) electrons. The SMILES string of the molecule is COc1cncc(-c2nc(N)nc(OC(C)C)n2)c1. The Balaban J connectivity index is 2.40. The molecule has 2 aromatic heterocycles. The largest absolute Gasteiger partial charge is 0.495 e. The van der Waals surface area contributed by atoms with Gasteiger partial charge in [0.05, 0.1) is 19.4 Å². The molecule has 0 unspecified atom stereocenters. The van der Waals surface area contributed by atoms with Crippen molar-refractivity contribution in [2.24, 2.45) is 0 Å². The highest BCUT2D eigenvalue weighted by Gasteiger charge is 2.10. The van der Waals surface area contributed by atoms with Gasteiger partial charge in [-0.25, -0.2) is 0 Å². The van der Waals surface area contributed by atoms with E-state index in [0.29, 0.717) is 17.1 Å². The zero-order chi connectivity index (χ0) is 13.8. The average Bonchev–Trinajstić information content (AvgIpc) is 2.37. The molecular formula is C12H15N5O2. The van der Waals surface area contributed by atoms with Gasteiger partial charge >= 0.3 is 6.01 Å². The van der Waals surface area contributed by atoms with Crippen LogP contribution in [0.15, 0.2) is 18.5 Å². The second kappa shape index (κ2) is 5.47. The standard InChI is InChI=1S/C12H15N5O2/c1-7(2)19-12-16-10(15-11(13)17-12)8-4-9(18-3)6-14-5-8/h4-7H,1-3H3,(H2,13,15,16,17). The van der Waals surface area contributed by atoms with E-state index >= 15 is 0 Å². The lowest BCUT2D eigenvalue weighted by Crippen LogP contribution is -2.11. The summed E-state index contributed by atoms with van der Waals surface area (Å²) in [6.07, 6.45) is 3.17. The molecule has 2 aromatic rings. The molecule has 0 fully saturated rings. The highest BCUT2D eigenvalue weighted by Crippen LogP contribution is 2.21. The van der Waals surface area contributed by atoms with Gasteiger partial charge in [-0.2, -0.15) is 15.0 Å². The molecule has 0 amide bonds. The zero-order valence-electron chi connectivity index (χ0n) is 11.0. The Morgan fingerprint density at radius 2 is 1.95 bits per heavy atom. The minimum atomic E-state index is -0.0434. The lowest BCUT2D eigenvalue weighted by Gasteiger charge is -2.09. The Morgan fingerprint density at radius 1 is 1.16 bits per heavy atom. The molecule has 2 rings (SSSR count). The third-order valence-electron chi connectivity index (χ3n) is 2.18. The Kier molecular flexibility index (Phi) is 3.74. The fraction of sp³-hybridized carbons (Fsp3) is 0.333. The van der Waals surface area contributed by atoms with Gasteiger partial charge in [-0.05, 0) is 19.9 Å². The van der Waals surface area contributed by atoms with Crippen LogP contribution in [0.3, 0.4) is 0 Å². The summed E-state index contributed by atoms with van der Waals surface area (Å²) in [5.74, 6) is 1.11. The van der Waals surface area contributed by atoms with Crippen LogP contribution in [-0.2, 0) is 0 Å². The molecule has 0 aliphatic rings. The first-order valence-electron chi connectivity index (χ1n) is 5.76. The van der Waals surface area contributed by atoms with E-state index in [4.69, 9.17) is 15.2 Å². The van der Waals surface area contributed by atoms with Crippen molar-refractivity contribution in [3.05, 3.63) is 18.5 Å². The summed E-state index contributed by atoms with van der Waals surface area (Å²) in [7, 11) is 1.57. The monoisotopic (exact) mass is 261 g/mol. The van der Waals surface area contributed by atoms with Crippen molar-refractivity contribution in [1.82, 2.24) is 19.9 Å². The van der Waals surface area contributed by atoms with Crippen LogP contribution in [0.2, 0.25) is 0 Å². The maximum absolute atomic E-state index is 5.65. The topological polar surface area (TPSA) is 96.0 Å². The molecule has 7 nitrogen and oxygen atoms in total. The predicted octanol–water partition coefficient (Wildman–Crippen LogP) is 1.31. The second-order valence-electron chi connectivity index (χ2n) is 4.08. The lowest BCUT2D eigenvalue weighted by molar-refractivity contribution is 0.222. The third-order valence-corrected chi connectivity index (χ3v) is 2.18. The van der Waals surface area contributed by atoms with E-state index in [-0.39, 0.29) is 18.1 Å². The van der Waals surface area contributed by atoms with Crippen molar-refractivity contribution < 1.29 is 9.47 Å². The number of pyridine rings is 1. The second-order valence-corrected chi connectivity index (χ2v) is 4.08. The van der Waals surface area contributed by atoms with E-state index in [1.807, 2.05) is 13.8 Å². The number of anilines is 1. The molecule has 19 heavy (non-hydrogen) atoms. The van der Waals surface area contributed by atoms with Crippen LogP contribution in [-0.4, -0.2) is 33.1 Å². The first-order valence-corrected chi connectivity index (χ1v) is 5.76. The van der Waals surface area contributed by atoms with Crippen molar-refractivity contribution in [3.8, 4) is 23.1 Å². The molecule has 0 aliphatic heterocycles. The first-order chi connectivity index (χ1) is 9.08. The molecule has 0 aromatic carbocycles. The molecule has 100 valence electrons. The van der Waals surface area contributed by atoms with Gasteiger partial charge in [0, 0.05) is 11.8 Å². The minimum Gasteiger partial charge on any atom is -0.495 e. The van der Waals surface area contributed by atoms with Gasteiger partial charge < -0.3 is 15.2 Å². The summed E-state index contributed by atoms with van der Waals surface area (Å²) in [4.78, 5) is 16.2. The summed E-state index contributed by atoms with van der Waals surface area (Å²) in [5.41, 5.74) is 6.33. The number of methoxy groups -OCH3 is 1. The Bertz CT molecular complexity index is 574. The average molecular weight is 261 g/mol. The molecule has 0 atom stereocenters. The smallest absolute Gasteiger partial charge is 0.322 e. The van der Waals surface area contributed by atoms with Gasteiger partial charge in [0.2, 0.25) is 5.95 Å². The Morgan fingerprint density at radius 3 is 2.63 bits per heavy atom. The van der Waals surface area contributed by atoms with Crippen molar-refractivity contribution in [3.63, 3.8) is 0 Å². The molecule has 0 aliphatic carbocycles. The maximum atomic E-state index is 5.65. The highest BCUT2D eigenvalue weighted by molar-refractivity contribution is 5.56. The number of hydrogen-bond acceptors (Lipinski definition) is 7. The van der Waals surface area contributed by atoms with Crippen LogP contribution in [0, 0.1) is 0 Å². The van der Waals surface area contributed by atoms with E-state index < -0.39 is 0 Å². The number of hydrogen-bond donors (Lipinski definition) is 1. The summed E-state index contributed by atoms with van der Waals surface area (Å²) in [6, 6.07) is 1.96. The number of nitrogens with two attached hydrogens (primary N) is 1. The van der Waals surface area contributed by atoms with Gasteiger partial charge in [-0.3, -0.25) is 4.98 Å². The fourth-order valence-corrected chi connectivity index (χ4v) is 1.42. The summed E-state index contributed by atoms with van der Waals surface area (Å²) in [6.45, 7) is 3.76. The quantitative estimate of drug-likeness (QED) is 0.886. The number of ether oxygens (including phenoxy) is 2.